The van der Waals surface area contributed by atoms with Gasteiger partial charge in [-0.2, -0.15) is 0 Å². The van der Waals surface area contributed by atoms with Crippen molar-refractivity contribution in [2.24, 2.45) is 64.1 Å². The Bertz CT molecular complexity index is 976. The molecule has 3 fully saturated rings. The molecule has 2 nitrogen and oxygen atoms in total. The van der Waals surface area contributed by atoms with Crippen molar-refractivity contribution in [3.05, 3.63) is 23.8 Å². The van der Waals surface area contributed by atoms with E-state index in [4.69, 9.17) is 0 Å². The maximum Gasteiger partial charge on any atom is 0.306 e. The maximum absolute atomic E-state index is 12.5. The average molecular weight is 623 g/mol. The molecule has 3 saturated carbocycles. The van der Waals surface area contributed by atoms with E-state index in [0.29, 0.717) is 40.4 Å². The summed E-state index contributed by atoms with van der Waals surface area (Å²) in [7, 11) is 0. The summed E-state index contributed by atoms with van der Waals surface area (Å²) in [4.78, 5) is 12.5. The lowest BCUT2D eigenvalue weighted by molar-refractivity contribution is -0.146. The summed E-state index contributed by atoms with van der Waals surface area (Å²) in [6.45, 7) is 17.1. The van der Waals surface area contributed by atoms with Crippen LogP contribution in [0.2, 0.25) is 0 Å². The summed E-state index contributed by atoms with van der Waals surface area (Å²) < 4.78 is 0. The monoisotopic (exact) mass is 623 g/mol. The van der Waals surface area contributed by atoms with Crippen LogP contribution in [0, 0.1) is 64.1 Å². The number of carbonyl (C=O) groups is 1. The highest BCUT2D eigenvalue weighted by molar-refractivity contribution is 5.70. The third-order valence-corrected chi connectivity index (χ3v) is 14.6. The van der Waals surface area contributed by atoms with Gasteiger partial charge < -0.3 is 5.11 Å². The maximum atomic E-state index is 12.5. The van der Waals surface area contributed by atoms with E-state index in [1.807, 2.05) is 5.57 Å². The second-order valence-electron chi connectivity index (χ2n) is 17.6. The van der Waals surface area contributed by atoms with Crippen LogP contribution in [-0.4, -0.2) is 11.1 Å². The molecule has 0 aromatic rings. The number of carboxylic acid groups (broad SMARTS) is 1. The van der Waals surface area contributed by atoms with Gasteiger partial charge in [0.2, 0.25) is 0 Å². The number of unbranched alkanes of at least 4 members (excludes halogenated alkanes) is 10. The van der Waals surface area contributed by atoms with Crippen LogP contribution in [0.3, 0.4) is 0 Å². The molecule has 0 aromatic carbocycles. The van der Waals surface area contributed by atoms with Crippen molar-refractivity contribution in [2.45, 2.75) is 177 Å². The number of hydrogen-bond donors (Lipinski definition) is 1. The number of aliphatic carboxylic acids is 1. The predicted octanol–water partition coefficient (Wildman–Crippen LogP) is 13.1. The minimum Gasteiger partial charge on any atom is -0.481 e. The quantitative estimate of drug-likeness (QED) is 0.122. The van der Waals surface area contributed by atoms with Crippen molar-refractivity contribution in [2.75, 3.05) is 0 Å². The van der Waals surface area contributed by atoms with Gasteiger partial charge in [0, 0.05) is 0 Å². The second kappa shape index (κ2) is 16.9. The number of carboxylic acids is 1. The Kier molecular flexibility index (Phi) is 13.8. The number of hydrogen-bond acceptors (Lipinski definition) is 1. The fraction of sp³-hybridized carbons (Fsp3) is 0.884. The zero-order valence-electron chi connectivity index (χ0n) is 30.9. The van der Waals surface area contributed by atoms with Gasteiger partial charge >= 0.3 is 5.97 Å². The fourth-order valence-corrected chi connectivity index (χ4v) is 11.1. The van der Waals surface area contributed by atoms with Gasteiger partial charge in [-0.25, -0.2) is 0 Å². The summed E-state index contributed by atoms with van der Waals surface area (Å²) in [6, 6.07) is 0. The number of rotatable bonds is 18. The van der Waals surface area contributed by atoms with E-state index >= 15 is 0 Å². The van der Waals surface area contributed by atoms with E-state index in [9.17, 15) is 9.90 Å². The van der Waals surface area contributed by atoms with E-state index in [2.05, 4.69) is 66.7 Å². The lowest BCUT2D eigenvalue weighted by Crippen LogP contribution is -2.50. The van der Waals surface area contributed by atoms with Crippen molar-refractivity contribution in [1.82, 2.24) is 0 Å². The first-order valence-electron chi connectivity index (χ1n) is 20.1. The van der Waals surface area contributed by atoms with Crippen molar-refractivity contribution < 1.29 is 9.90 Å². The Morgan fingerprint density at radius 2 is 1.42 bits per heavy atom. The van der Waals surface area contributed by atoms with Crippen LogP contribution in [0.25, 0.3) is 0 Å². The van der Waals surface area contributed by atoms with Crippen LogP contribution < -0.4 is 0 Å². The molecule has 0 saturated heterocycles. The molecule has 1 N–H and O–H groups in total. The summed E-state index contributed by atoms with van der Waals surface area (Å²) in [5.74, 6) is 4.73. The van der Waals surface area contributed by atoms with Crippen molar-refractivity contribution in [3.8, 4) is 0 Å². The summed E-state index contributed by atoms with van der Waals surface area (Å²) in [6.07, 6.45) is 33.5. The van der Waals surface area contributed by atoms with Crippen LogP contribution >= 0.6 is 0 Å². The highest BCUT2D eigenvalue weighted by Gasteiger charge is 2.58. The Hall–Kier alpha value is -1.05. The van der Waals surface area contributed by atoms with Gasteiger partial charge in [-0.15, -0.1) is 0 Å². The molecule has 2 unspecified atom stereocenters. The molecule has 0 bridgehead atoms. The molecule has 258 valence electrons. The van der Waals surface area contributed by atoms with Crippen molar-refractivity contribution >= 4 is 5.97 Å². The summed E-state index contributed by atoms with van der Waals surface area (Å²) in [5.41, 5.74) is 2.65. The van der Waals surface area contributed by atoms with Crippen molar-refractivity contribution in [1.29, 1.82) is 0 Å². The zero-order chi connectivity index (χ0) is 32.6. The number of allylic oxidation sites excluding steroid dienone is 4. The molecule has 0 heterocycles. The Labute approximate surface area is 280 Å². The van der Waals surface area contributed by atoms with Gasteiger partial charge in [-0.3, -0.25) is 4.79 Å². The SMILES string of the molecule is CCCCCCCCCCCCCC(C(=O)O)[C@H]1CC[C@@]2(C)C(CC=C3[C@@H]4CC[C@H]([C@H](C)C=C[C@H](C)C(C)C)[C@@]4(C)CC[C@@H]32)C1. The molecule has 0 amide bonds. The Morgan fingerprint density at radius 1 is 0.822 bits per heavy atom. The summed E-state index contributed by atoms with van der Waals surface area (Å²) >= 11 is 0. The average Bonchev–Trinajstić information content (AvgIpc) is 3.37. The van der Waals surface area contributed by atoms with E-state index in [-0.39, 0.29) is 5.92 Å². The molecule has 4 aliphatic carbocycles. The smallest absolute Gasteiger partial charge is 0.306 e. The largest absolute Gasteiger partial charge is 0.481 e. The molecular weight excluding hydrogens is 548 g/mol. The summed E-state index contributed by atoms with van der Waals surface area (Å²) in [5, 5.41) is 10.3. The predicted molar refractivity (Wildman–Crippen MR) is 193 cm³/mol. The van der Waals surface area contributed by atoms with Gasteiger partial charge in [0.15, 0.2) is 0 Å². The standard InChI is InChI=1S/C43H74O2/c1-8-9-10-11-12-13-14-15-16-17-18-19-36(41(44)45)34-26-28-42(6)35(30-34)22-23-37-39-25-24-38(43(39,7)29-27-40(37)42)33(5)21-20-32(4)31(2)3/h20-21,23,31-36,38-40H,8-19,22,24-30H2,1-7H3,(H,44,45)/t32-,33+,34-,35?,36?,38+,39-,40-,42-,43+/m0/s1. The first-order chi connectivity index (χ1) is 21.5. The van der Waals surface area contributed by atoms with Gasteiger partial charge in [-0.1, -0.05) is 143 Å². The Morgan fingerprint density at radius 3 is 2.04 bits per heavy atom. The van der Waals surface area contributed by atoms with Crippen LogP contribution in [0.15, 0.2) is 23.8 Å². The normalized spacial score (nSPS) is 35.0. The van der Waals surface area contributed by atoms with Gasteiger partial charge in [0.1, 0.15) is 0 Å². The van der Waals surface area contributed by atoms with Gasteiger partial charge in [-0.05, 0) is 116 Å². The first-order valence-corrected chi connectivity index (χ1v) is 20.1. The van der Waals surface area contributed by atoms with Crippen LogP contribution in [-0.2, 0) is 4.79 Å². The molecule has 0 aromatic heterocycles. The highest BCUT2D eigenvalue weighted by atomic mass is 16.4. The molecule has 45 heavy (non-hydrogen) atoms. The van der Waals surface area contributed by atoms with E-state index < -0.39 is 5.97 Å². The molecule has 0 radical (unpaired) electrons. The molecule has 10 atom stereocenters. The zero-order valence-corrected chi connectivity index (χ0v) is 30.9. The topological polar surface area (TPSA) is 37.3 Å². The minimum atomic E-state index is -0.515. The lowest BCUT2D eigenvalue weighted by Gasteiger charge is -2.58. The third-order valence-electron chi connectivity index (χ3n) is 14.6. The minimum absolute atomic E-state index is 0.128. The van der Waals surface area contributed by atoms with Crippen LogP contribution in [0.5, 0.6) is 0 Å². The molecule has 4 rings (SSSR count). The highest BCUT2D eigenvalue weighted by Crippen LogP contribution is 2.67. The fourth-order valence-electron chi connectivity index (χ4n) is 11.1. The van der Waals surface area contributed by atoms with Crippen LogP contribution in [0.4, 0.5) is 0 Å². The Balaban J connectivity index is 1.29. The molecule has 4 aliphatic rings. The van der Waals surface area contributed by atoms with Crippen molar-refractivity contribution in [3.63, 3.8) is 0 Å². The lowest BCUT2D eigenvalue weighted by atomic mass is 9.46. The van der Waals surface area contributed by atoms with E-state index in [0.717, 1.165) is 43.4 Å². The molecular formula is C43H74O2. The third kappa shape index (κ3) is 8.71. The van der Waals surface area contributed by atoms with Gasteiger partial charge in [0.25, 0.3) is 0 Å². The van der Waals surface area contributed by atoms with E-state index in [1.165, 1.54) is 103 Å². The van der Waals surface area contributed by atoms with E-state index in [1.54, 1.807) is 0 Å². The molecule has 0 aliphatic heterocycles. The molecule has 0 spiro atoms. The first kappa shape index (κ1) is 36.8. The van der Waals surface area contributed by atoms with Crippen LogP contribution in [0.1, 0.15) is 177 Å². The molecule has 2 heteroatoms. The second-order valence-corrected chi connectivity index (χ2v) is 17.6. The van der Waals surface area contributed by atoms with Gasteiger partial charge in [0.05, 0.1) is 5.92 Å². The number of fused-ring (bicyclic) bond motifs is 5.